The number of nitro groups is 1. The van der Waals surface area contributed by atoms with Crippen LogP contribution in [0.2, 0.25) is 0 Å². The number of nitrogens with zero attached hydrogens (tertiary/aromatic N) is 1. The van der Waals surface area contributed by atoms with Crippen LogP contribution in [0.25, 0.3) is 0 Å². The van der Waals surface area contributed by atoms with Gasteiger partial charge in [0.2, 0.25) is 0 Å². The summed E-state index contributed by atoms with van der Waals surface area (Å²) in [5, 5.41) is 10.5. The molecule has 5 nitrogen and oxygen atoms in total. The van der Waals surface area contributed by atoms with E-state index in [4.69, 9.17) is 4.74 Å². The normalized spacial score (nSPS) is 19.5. The van der Waals surface area contributed by atoms with Gasteiger partial charge in [0.1, 0.15) is 6.10 Å². The van der Waals surface area contributed by atoms with Crippen LogP contribution in [0.5, 0.6) is 0 Å². The lowest BCUT2D eigenvalue weighted by atomic mass is 10.0. The molecule has 0 unspecified atom stereocenters. The average Bonchev–Trinajstić information content (AvgIpc) is 2.28. The van der Waals surface area contributed by atoms with Gasteiger partial charge in [-0.1, -0.05) is 0 Å². The molecule has 0 saturated heterocycles. The zero-order chi connectivity index (χ0) is 12.4. The van der Waals surface area contributed by atoms with Gasteiger partial charge in [-0.3, -0.25) is 14.9 Å². The van der Waals surface area contributed by atoms with E-state index in [1.807, 2.05) is 0 Å². The Morgan fingerprint density at radius 1 is 1.35 bits per heavy atom. The number of benzene rings is 1. The molecule has 0 aromatic heterocycles. The summed E-state index contributed by atoms with van der Waals surface area (Å²) in [6.45, 7) is 1.72. The number of carbonyl (C=O) groups is 1. The first-order chi connectivity index (χ1) is 8.06. The molecule has 0 saturated carbocycles. The summed E-state index contributed by atoms with van der Waals surface area (Å²) < 4.78 is 5.51. The standard InChI is InChI=1S/C12H11NO4/c1-8-6-11(14)7-12(17-8)9-2-4-10(5-3-9)13(15)16/h2-6,12H,7H2,1H3/t12-/m1/s1. The Morgan fingerprint density at radius 3 is 2.53 bits per heavy atom. The third kappa shape index (κ3) is 2.50. The molecule has 0 radical (unpaired) electrons. The maximum Gasteiger partial charge on any atom is 0.269 e. The summed E-state index contributed by atoms with van der Waals surface area (Å²) in [4.78, 5) is 21.4. The van der Waals surface area contributed by atoms with Crippen molar-refractivity contribution in [3.63, 3.8) is 0 Å². The van der Waals surface area contributed by atoms with Gasteiger partial charge in [-0.2, -0.15) is 0 Å². The largest absolute Gasteiger partial charge is 0.490 e. The molecule has 1 aliphatic heterocycles. The molecule has 0 aliphatic carbocycles. The molecule has 5 heteroatoms. The highest BCUT2D eigenvalue weighted by molar-refractivity contribution is 5.91. The third-order valence-electron chi connectivity index (χ3n) is 2.55. The molecule has 17 heavy (non-hydrogen) atoms. The third-order valence-corrected chi connectivity index (χ3v) is 2.55. The Labute approximate surface area is 97.9 Å². The molecule has 0 N–H and O–H groups in total. The van der Waals surface area contributed by atoms with Crippen LogP contribution in [0.4, 0.5) is 5.69 Å². The quantitative estimate of drug-likeness (QED) is 0.581. The fourth-order valence-corrected chi connectivity index (χ4v) is 1.77. The van der Waals surface area contributed by atoms with Crippen molar-refractivity contribution >= 4 is 11.5 Å². The fraction of sp³-hybridized carbons (Fsp3) is 0.250. The van der Waals surface area contributed by atoms with E-state index in [0.29, 0.717) is 5.76 Å². The van der Waals surface area contributed by atoms with Gasteiger partial charge in [0.15, 0.2) is 5.78 Å². The summed E-state index contributed by atoms with van der Waals surface area (Å²) in [7, 11) is 0. The van der Waals surface area contributed by atoms with Crippen molar-refractivity contribution in [1.82, 2.24) is 0 Å². The number of nitro benzene ring substituents is 1. The minimum absolute atomic E-state index is 0.0112. The van der Waals surface area contributed by atoms with Gasteiger partial charge >= 0.3 is 0 Å². The minimum atomic E-state index is -0.457. The Morgan fingerprint density at radius 2 is 2.00 bits per heavy atom. The first-order valence-corrected chi connectivity index (χ1v) is 5.18. The van der Waals surface area contributed by atoms with Crippen molar-refractivity contribution in [1.29, 1.82) is 0 Å². The number of rotatable bonds is 2. The monoisotopic (exact) mass is 233 g/mol. The SMILES string of the molecule is CC1=CC(=O)C[C@H](c2ccc([N+](=O)[O-])cc2)O1. The molecule has 88 valence electrons. The van der Waals surface area contributed by atoms with Crippen molar-refractivity contribution in [3.05, 3.63) is 51.8 Å². The van der Waals surface area contributed by atoms with Crippen LogP contribution in [0.15, 0.2) is 36.1 Å². The van der Waals surface area contributed by atoms with E-state index in [1.54, 1.807) is 19.1 Å². The molecule has 2 rings (SSSR count). The molecule has 0 bridgehead atoms. The highest BCUT2D eigenvalue weighted by atomic mass is 16.6. The van der Waals surface area contributed by atoms with Crippen molar-refractivity contribution in [2.24, 2.45) is 0 Å². The predicted molar refractivity (Wildman–Crippen MR) is 60.3 cm³/mol. The van der Waals surface area contributed by atoms with E-state index in [1.165, 1.54) is 18.2 Å². The van der Waals surface area contributed by atoms with E-state index in [0.717, 1.165) is 5.56 Å². The Balaban J connectivity index is 2.21. The second kappa shape index (κ2) is 4.37. The van der Waals surface area contributed by atoms with Crippen molar-refractivity contribution in [2.75, 3.05) is 0 Å². The Kier molecular flexibility index (Phi) is 2.91. The van der Waals surface area contributed by atoms with Crippen molar-refractivity contribution in [2.45, 2.75) is 19.4 Å². The van der Waals surface area contributed by atoms with Gasteiger partial charge in [0, 0.05) is 18.2 Å². The number of carbonyl (C=O) groups excluding carboxylic acids is 1. The first-order valence-electron chi connectivity index (χ1n) is 5.18. The molecule has 0 spiro atoms. The number of allylic oxidation sites excluding steroid dienone is 2. The summed E-state index contributed by atoms with van der Waals surface area (Å²) >= 11 is 0. The van der Waals surface area contributed by atoms with Crippen LogP contribution in [-0.2, 0) is 9.53 Å². The second-order valence-corrected chi connectivity index (χ2v) is 3.88. The van der Waals surface area contributed by atoms with Gasteiger partial charge in [0.05, 0.1) is 17.1 Å². The van der Waals surface area contributed by atoms with E-state index in [9.17, 15) is 14.9 Å². The van der Waals surface area contributed by atoms with Gasteiger partial charge in [-0.15, -0.1) is 0 Å². The molecular formula is C12H11NO4. The van der Waals surface area contributed by atoms with E-state index in [-0.39, 0.29) is 24.0 Å². The number of ether oxygens (including phenoxy) is 1. The number of ketones is 1. The lowest BCUT2D eigenvalue weighted by Crippen LogP contribution is -2.14. The molecule has 1 atom stereocenters. The number of hydrogen-bond donors (Lipinski definition) is 0. The molecule has 0 amide bonds. The van der Waals surface area contributed by atoms with Gasteiger partial charge in [0.25, 0.3) is 5.69 Å². The van der Waals surface area contributed by atoms with E-state index < -0.39 is 4.92 Å². The van der Waals surface area contributed by atoms with Crippen LogP contribution >= 0.6 is 0 Å². The highest BCUT2D eigenvalue weighted by Crippen LogP contribution is 2.29. The molecule has 1 aromatic carbocycles. The van der Waals surface area contributed by atoms with Crippen LogP contribution in [0.1, 0.15) is 25.0 Å². The topological polar surface area (TPSA) is 69.4 Å². The molecule has 1 aromatic rings. The van der Waals surface area contributed by atoms with Gasteiger partial charge in [-0.25, -0.2) is 0 Å². The zero-order valence-corrected chi connectivity index (χ0v) is 9.25. The summed E-state index contributed by atoms with van der Waals surface area (Å²) in [6.07, 6.45) is 1.39. The fourth-order valence-electron chi connectivity index (χ4n) is 1.77. The number of non-ortho nitro benzene ring substituents is 1. The summed E-state index contributed by atoms with van der Waals surface area (Å²) in [5.41, 5.74) is 0.805. The maximum absolute atomic E-state index is 11.4. The lowest BCUT2D eigenvalue weighted by molar-refractivity contribution is -0.384. The smallest absolute Gasteiger partial charge is 0.269 e. The summed E-state index contributed by atoms with van der Waals surface area (Å²) in [5.74, 6) is 0.585. The summed E-state index contributed by atoms with van der Waals surface area (Å²) in [6, 6.07) is 6.07. The van der Waals surface area contributed by atoms with Gasteiger partial charge < -0.3 is 4.74 Å². The van der Waals surface area contributed by atoms with Crippen LogP contribution in [0, 0.1) is 10.1 Å². The van der Waals surface area contributed by atoms with Gasteiger partial charge in [-0.05, 0) is 24.6 Å². The zero-order valence-electron chi connectivity index (χ0n) is 9.25. The average molecular weight is 233 g/mol. The Hall–Kier alpha value is -2.17. The minimum Gasteiger partial charge on any atom is -0.490 e. The Bertz CT molecular complexity index is 490. The maximum atomic E-state index is 11.4. The van der Waals surface area contributed by atoms with Crippen molar-refractivity contribution < 1.29 is 14.5 Å². The van der Waals surface area contributed by atoms with E-state index in [2.05, 4.69) is 0 Å². The van der Waals surface area contributed by atoms with Crippen LogP contribution in [0.3, 0.4) is 0 Å². The lowest BCUT2D eigenvalue weighted by Gasteiger charge is -2.22. The highest BCUT2D eigenvalue weighted by Gasteiger charge is 2.22. The van der Waals surface area contributed by atoms with Crippen LogP contribution in [-0.4, -0.2) is 10.7 Å². The molecule has 1 heterocycles. The molecule has 0 fully saturated rings. The predicted octanol–water partition coefficient (Wildman–Crippen LogP) is 2.53. The second-order valence-electron chi connectivity index (χ2n) is 3.88. The van der Waals surface area contributed by atoms with Crippen molar-refractivity contribution in [3.8, 4) is 0 Å². The van der Waals surface area contributed by atoms with E-state index >= 15 is 0 Å². The molecule has 1 aliphatic rings. The number of hydrogen-bond acceptors (Lipinski definition) is 4. The first kappa shape index (κ1) is 11.3. The molecular weight excluding hydrogens is 222 g/mol. The van der Waals surface area contributed by atoms with Crippen LogP contribution < -0.4 is 0 Å².